The summed E-state index contributed by atoms with van der Waals surface area (Å²) < 4.78 is 0. The summed E-state index contributed by atoms with van der Waals surface area (Å²) in [5.41, 5.74) is 23.3. The van der Waals surface area contributed by atoms with Gasteiger partial charge in [0.05, 0.1) is 31.7 Å². The number of carboxylic acid groups (broad SMARTS) is 1. The standard InChI is InChI=1S/C54H78N20O18S4/c1-24-43(81)65-29(12-25-15-59-22-61-25)46(84)64-28(7-9-41(78)79)45(83)66-30(13-26-16-60-23-62-26)47(85)69-33(42(58)80)18-93-94-21-36-50(88)68-32(17-75)48(86)67-31(14-40(57)77)53(91)74-11-3-5-38(74)54(92)73-10-2-4-37(73)52(90)72-34(49(87)63-24)19-95-96-20-35(51(89)71-36)70-44(82)27(55)6-8-39(56)76/h15-16,22-24,27-38,75H,2-14,17-21,55H2,1H3,(H2,56,76)(H2,57,77)(H2,58,80)(H,59,61)(H,60,62)(H,63,87)(H,64,84)(H,65,81)(H,66,83)(H,67,86)(H,68,88)(H,69,85)(H,70,82)(H,71,89)(H,72,90)(H,78,79)/t24-,27-,28-,29-,30-,31-,32-,33-,34-,35-,36-,37-,38-/m0/s1. The second-order valence-corrected chi connectivity index (χ2v) is 27.8. The van der Waals surface area contributed by atoms with Crippen molar-refractivity contribution in [1.82, 2.24) is 82.9 Å². The number of hydrogen-bond donors (Lipinski definition) is 18. The lowest BCUT2D eigenvalue weighted by Gasteiger charge is -2.33. The molecule has 0 aliphatic carbocycles. The average molecular weight is 1420 g/mol. The van der Waals surface area contributed by atoms with Crippen LogP contribution in [-0.4, -0.2) is 256 Å². The third kappa shape index (κ3) is 22.7. The van der Waals surface area contributed by atoms with Gasteiger partial charge in [0.1, 0.15) is 72.5 Å². The minimum absolute atomic E-state index is 0.0114. The van der Waals surface area contributed by atoms with E-state index in [1.54, 1.807) is 0 Å². The number of nitrogens with one attached hydrogen (secondary N) is 12. The Hall–Kier alpha value is -8.74. The Bertz CT molecular complexity index is 3190. The molecule has 15 amide bonds. The number of aromatic nitrogens is 4. The average Bonchev–Trinajstić information content (AvgIpc) is 1.65. The van der Waals surface area contributed by atoms with Crippen LogP contribution in [0.5, 0.6) is 0 Å². The molecule has 2 bridgehead atoms. The van der Waals surface area contributed by atoms with Gasteiger partial charge in [0.25, 0.3) is 0 Å². The fraction of sp³-hybridized carbons (Fsp3) is 0.593. The SMILES string of the molecule is C[C@@H]1NC(=O)[C@@H]2CSSC[C@H](NC(=O)[C@@H](N)CCC(N)=O)C(=O)N[C@@H](CSSC[C@@H](C(N)=O)NC(=O)[C@H](Cc3cnc[nH]3)NC(=O)[C@H](CCC(=O)O)NC(=O)[C@H](Cc3cnc[nH]3)NC1=O)C(=O)N[C@@H](CO)C(=O)N[C@@H](CC(N)=O)C(=O)N1CCC[C@H]1C(=O)N1CCC[C@H]1C(=O)N2. The number of hydrogen-bond acceptors (Lipinski definition) is 24. The molecule has 4 aliphatic heterocycles. The minimum Gasteiger partial charge on any atom is -0.481 e. The molecule has 0 saturated carbocycles. The van der Waals surface area contributed by atoms with Crippen molar-refractivity contribution in [2.45, 2.75) is 156 Å². The number of fused-ring (bicyclic) bond motifs is 10. The smallest absolute Gasteiger partial charge is 0.303 e. The molecular formula is C54H78N20O18S4. The van der Waals surface area contributed by atoms with Crippen molar-refractivity contribution >= 4 is 138 Å². The first-order valence-electron chi connectivity index (χ1n) is 30.2. The predicted molar refractivity (Wildman–Crippen MR) is 342 cm³/mol. The summed E-state index contributed by atoms with van der Waals surface area (Å²) >= 11 is 0. The van der Waals surface area contributed by atoms with Crippen LogP contribution in [-0.2, 0) is 89.6 Å². The van der Waals surface area contributed by atoms with E-state index in [2.05, 4.69) is 73.1 Å². The van der Waals surface area contributed by atoms with E-state index >= 15 is 0 Å². The third-order valence-electron chi connectivity index (χ3n) is 15.5. The summed E-state index contributed by atoms with van der Waals surface area (Å²) in [6.07, 6.45) is 2.23. The molecule has 2 aromatic heterocycles. The molecule has 0 unspecified atom stereocenters. The van der Waals surface area contributed by atoms with E-state index in [9.17, 15) is 86.9 Å². The normalized spacial score (nSPS) is 27.5. The van der Waals surface area contributed by atoms with Gasteiger partial charge in [0.2, 0.25) is 88.6 Å². The van der Waals surface area contributed by atoms with Crippen LogP contribution in [0.4, 0.5) is 0 Å². The molecule has 0 aromatic carbocycles. The van der Waals surface area contributed by atoms with Crippen LogP contribution in [0.3, 0.4) is 0 Å². The molecule has 6 heterocycles. The van der Waals surface area contributed by atoms with Gasteiger partial charge in [-0.25, -0.2) is 9.97 Å². The van der Waals surface area contributed by atoms with Gasteiger partial charge < -0.3 is 106 Å². The maximum absolute atomic E-state index is 14.6. The summed E-state index contributed by atoms with van der Waals surface area (Å²) in [7, 11) is 3.24. The van der Waals surface area contributed by atoms with E-state index in [1.165, 1.54) is 36.9 Å². The molecule has 4 saturated heterocycles. The maximum Gasteiger partial charge on any atom is 0.303 e. The predicted octanol–water partition coefficient (Wildman–Crippen LogP) is -8.63. The number of aliphatic hydroxyl groups excluding tert-OH is 1. The van der Waals surface area contributed by atoms with Gasteiger partial charge in [-0.3, -0.25) is 76.7 Å². The zero-order valence-corrected chi connectivity index (χ0v) is 55.0. The highest BCUT2D eigenvalue weighted by Crippen LogP contribution is 2.29. The molecule has 38 nitrogen and oxygen atoms in total. The number of aromatic amines is 2. The maximum atomic E-state index is 14.6. The van der Waals surface area contributed by atoms with Crippen LogP contribution >= 0.6 is 43.2 Å². The molecule has 4 aliphatic rings. The minimum atomic E-state index is -1.95. The van der Waals surface area contributed by atoms with Gasteiger partial charge in [0.15, 0.2) is 0 Å². The number of carboxylic acids is 1. The Morgan fingerprint density at radius 3 is 1.64 bits per heavy atom. The molecule has 0 spiro atoms. The van der Waals surface area contributed by atoms with E-state index in [0.717, 1.165) is 48.1 Å². The number of nitrogens with zero attached hydrogens (tertiary/aromatic N) is 4. The number of imidazole rings is 2. The third-order valence-corrected chi connectivity index (χ3v) is 20.3. The molecule has 4 fully saturated rings. The molecule has 2 aromatic rings. The first kappa shape index (κ1) is 76.3. The lowest BCUT2D eigenvalue weighted by atomic mass is 10.1. The van der Waals surface area contributed by atoms with E-state index in [0.29, 0.717) is 0 Å². The van der Waals surface area contributed by atoms with Crippen molar-refractivity contribution in [3.63, 3.8) is 0 Å². The molecule has 13 atom stereocenters. The second-order valence-electron chi connectivity index (χ2n) is 22.7. The summed E-state index contributed by atoms with van der Waals surface area (Å²) in [6, 6.07) is -21.0. The highest BCUT2D eigenvalue weighted by Gasteiger charge is 2.45. The van der Waals surface area contributed by atoms with Crippen LogP contribution in [0.1, 0.15) is 76.1 Å². The van der Waals surface area contributed by atoms with Gasteiger partial charge in [0, 0.05) is 85.6 Å². The summed E-state index contributed by atoms with van der Waals surface area (Å²) in [4.78, 5) is 238. The second kappa shape index (κ2) is 37.0. The number of rotatable bonds is 16. The zero-order chi connectivity index (χ0) is 70.3. The Morgan fingerprint density at radius 2 is 1.07 bits per heavy atom. The fourth-order valence-electron chi connectivity index (χ4n) is 10.3. The van der Waals surface area contributed by atoms with Gasteiger partial charge in [-0.2, -0.15) is 0 Å². The van der Waals surface area contributed by atoms with Crippen molar-refractivity contribution in [3.05, 3.63) is 36.4 Å². The Balaban J connectivity index is 1.46. The number of primary amides is 3. The molecule has 0 radical (unpaired) electrons. The molecule has 526 valence electrons. The van der Waals surface area contributed by atoms with Crippen LogP contribution in [0.15, 0.2) is 25.0 Å². The number of nitrogens with two attached hydrogens (primary N) is 4. The van der Waals surface area contributed by atoms with Gasteiger partial charge in [-0.15, -0.1) is 0 Å². The molecule has 6 rings (SSSR count). The number of H-pyrrole nitrogens is 2. The molecule has 96 heavy (non-hydrogen) atoms. The number of carbonyl (C=O) groups excluding carboxylic acids is 15. The number of aliphatic hydroxyl groups is 1. The molecular weight excluding hydrogens is 1340 g/mol. The van der Waals surface area contributed by atoms with Crippen LogP contribution in [0, 0.1) is 0 Å². The van der Waals surface area contributed by atoms with Gasteiger partial charge in [-0.1, -0.05) is 43.2 Å². The van der Waals surface area contributed by atoms with E-state index in [4.69, 9.17) is 22.9 Å². The van der Waals surface area contributed by atoms with Crippen molar-refractivity contribution in [2.24, 2.45) is 22.9 Å². The largest absolute Gasteiger partial charge is 0.481 e. The van der Waals surface area contributed by atoms with E-state index < -0.39 is 222 Å². The van der Waals surface area contributed by atoms with Crippen molar-refractivity contribution in [2.75, 3.05) is 42.7 Å². The highest BCUT2D eigenvalue weighted by atomic mass is 33.1. The van der Waals surface area contributed by atoms with E-state index in [-0.39, 0.29) is 75.8 Å². The molecule has 42 heteroatoms. The fourth-order valence-corrected chi connectivity index (χ4v) is 14.9. The highest BCUT2D eigenvalue weighted by molar-refractivity contribution is 8.77. The van der Waals surface area contributed by atoms with Crippen LogP contribution in [0.25, 0.3) is 0 Å². The Morgan fingerprint density at radius 1 is 0.573 bits per heavy atom. The number of amides is 15. The zero-order valence-electron chi connectivity index (χ0n) is 51.7. The Labute approximate surface area is 563 Å². The van der Waals surface area contributed by atoms with Crippen LogP contribution < -0.4 is 76.1 Å². The number of carbonyl (C=O) groups is 16. The van der Waals surface area contributed by atoms with Gasteiger partial charge in [-0.05, 0) is 45.4 Å². The van der Waals surface area contributed by atoms with Crippen molar-refractivity contribution < 1.29 is 86.9 Å². The monoisotopic (exact) mass is 1420 g/mol. The van der Waals surface area contributed by atoms with Crippen molar-refractivity contribution in [1.29, 1.82) is 0 Å². The summed E-state index contributed by atoms with van der Waals surface area (Å²) in [5, 5.41) is 45.0. The van der Waals surface area contributed by atoms with Gasteiger partial charge >= 0.3 is 5.97 Å². The first-order valence-corrected chi connectivity index (χ1v) is 35.1. The summed E-state index contributed by atoms with van der Waals surface area (Å²) in [5.74, 6) is -18.6. The summed E-state index contributed by atoms with van der Waals surface area (Å²) in [6.45, 7) is -0.0448. The first-order chi connectivity index (χ1) is 45.6. The van der Waals surface area contributed by atoms with Crippen LogP contribution in [0.2, 0.25) is 0 Å². The number of aliphatic carboxylic acids is 1. The topological polar surface area (TPSA) is 602 Å². The van der Waals surface area contributed by atoms with E-state index in [1.807, 2.05) is 0 Å². The quantitative estimate of drug-likeness (QED) is 0.0694. The molecule has 22 N–H and O–H groups in total. The lowest BCUT2D eigenvalue weighted by molar-refractivity contribution is -0.148. The lowest BCUT2D eigenvalue weighted by Crippen LogP contribution is -2.61. The van der Waals surface area contributed by atoms with Crippen molar-refractivity contribution in [3.8, 4) is 0 Å². The Kier molecular flexibility index (Phi) is 29.4.